The van der Waals surface area contributed by atoms with Gasteiger partial charge in [0.1, 0.15) is 6.61 Å². The van der Waals surface area contributed by atoms with Crippen molar-refractivity contribution < 1.29 is 14.3 Å². The maximum absolute atomic E-state index is 11.6. The van der Waals surface area contributed by atoms with Crippen LogP contribution in [0.1, 0.15) is 10.4 Å². The van der Waals surface area contributed by atoms with E-state index in [0.29, 0.717) is 18.8 Å². The van der Waals surface area contributed by atoms with Crippen molar-refractivity contribution in [1.82, 2.24) is 0 Å². The average Bonchev–Trinajstić information content (AvgIpc) is 2.25. The van der Waals surface area contributed by atoms with Crippen molar-refractivity contribution >= 4 is 21.7 Å². The van der Waals surface area contributed by atoms with Gasteiger partial charge in [-0.15, -0.1) is 0 Å². The third kappa shape index (κ3) is 4.11. The summed E-state index contributed by atoms with van der Waals surface area (Å²) in [6.07, 6.45) is 0. The summed E-state index contributed by atoms with van der Waals surface area (Å²) >= 11 is 3.32. The third-order valence-corrected chi connectivity index (χ3v) is 2.53. The highest BCUT2D eigenvalue weighted by Crippen LogP contribution is 2.16. The molecule has 1 aromatic carbocycles. The largest absolute Gasteiger partial charge is 0.382 e. The molecule has 0 heterocycles. The van der Waals surface area contributed by atoms with Gasteiger partial charge in [-0.1, -0.05) is 34.1 Å². The van der Waals surface area contributed by atoms with Crippen LogP contribution in [-0.2, 0) is 9.47 Å². The van der Waals surface area contributed by atoms with Crippen molar-refractivity contribution in [3.05, 3.63) is 34.3 Å². The van der Waals surface area contributed by atoms with Gasteiger partial charge in [-0.05, 0) is 6.07 Å². The number of Topliss-reactive ketones (excluding diaryl/α,β-unsaturated/α-hetero) is 1. The van der Waals surface area contributed by atoms with Gasteiger partial charge < -0.3 is 9.47 Å². The van der Waals surface area contributed by atoms with E-state index in [2.05, 4.69) is 15.9 Å². The average molecular weight is 273 g/mol. The fraction of sp³-hybridized carbons (Fsp3) is 0.364. The normalized spacial score (nSPS) is 10.3. The molecule has 0 aliphatic rings. The number of ketones is 1. The van der Waals surface area contributed by atoms with Crippen LogP contribution in [-0.4, -0.2) is 32.7 Å². The number of rotatable bonds is 6. The molecule has 0 aliphatic heterocycles. The smallest absolute Gasteiger partial charge is 0.189 e. The number of halogens is 1. The van der Waals surface area contributed by atoms with E-state index in [0.717, 1.165) is 4.47 Å². The van der Waals surface area contributed by atoms with Gasteiger partial charge in [0.05, 0.1) is 13.2 Å². The lowest BCUT2D eigenvalue weighted by molar-refractivity contribution is 0.0576. The number of hydrogen-bond donors (Lipinski definition) is 0. The van der Waals surface area contributed by atoms with Crippen LogP contribution in [0.4, 0.5) is 0 Å². The van der Waals surface area contributed by atoms with Crippen molar-refractivity contribution in [1.29, 1.82) is 0 Å². The summed E-state index contributed by atoms with van der Waals surface area (Å²) in [5, 5.41) is 0. The first-order valence-electron chi connectivity index (χ1n) is 4.60. The highest BCUT2D eigenvalue weighted by Gasteiger charge is 2.08. The van der Waals surface area contributed by atoms with Crippen LogP contribution in [0.5, 0.6) is 0 Å². The van der Waals surface area contributed by atoms with Crippen molar-refractivity contribution in [2.24, 2.45) is 0 Å². The lowest BCUT2D eigenvalue weighted by atomic mass is 10.1. The molecule has 0 amide bonds. The number of hydrogen-bond acceptors (Lipinski definition) is 3. The zero-order valence-corrected chi connectivity index (χ0v) is 10.1. The van der Waals surface area contributed by atoms with E-state index < -0.39 is 0 Å². The maximum Gasteiger partial charge on any atom is 0.189 e. The fourth-order valence-electron chi connectivity index (χ4n) is 1.07. The molecule has 1 aromatic rings. The molecule has 0 aromatic heterocycles. The van der Waals surface area contributed by atoms with Crippen LogP contribution in [0.2, 0.25) is 0 Å². The van der Waals surface area contributed by atoms with Crippen LogP contribution in [0, 0.1) is 0 Å². The minimum absolute atomic E-state index is 0.0291. The van der Waals surface area contributed by atoms with Crippen LogP contribution >= 0.6 is 15.9 Å². The number of methoxy groups -OCH3 is 1. The minimum Gasteiger partial charge on any atom is -0.382 e. The fourth-order valence-corrected chi connectivity index (χ4v) is 1.58. The Bertz CT molecular complexity index is 325. The van der Waals surface area contributed by atoms with Crippen LogP contribution < -0.4 is 0 Å². The first-order chi connectivity index (χ1) is 7.25. The Hall–Kier alpha value is -0.710. The molecule has 3 nitrogen and oxygen atoms in total. The van der Waals surface area contributed by atoms with Crippen LogP contribution in [0.15, 0.2) is 28.7 Å². The van der Waals surface area contributed by atoms with Crippen LogP contribution in [0.25, 0.3) is 0 Å². The first kappa shape index (κ1) is 12.4. The molecule has 0 fully saturated rings. The number of carbonyl (C=O) groups is 1. The van der Waals surface area contributed by atoms with Crippen molar-refractivity contribution in [3.63, 3.8) is 0 Å². The molecule has 15 heavy (non-hydrogen) atoms. The third-order valence-electron chi connectivity index (χ3n) is 1.84. The summed E-state index contributed by atoms with van der Waals surface area (Å²) in [5.74, 6) is -0.0291. The van der Waals surface area contributed by atoms with Gasteiger partial charge in [0, 0.05) is 17.1 Å². The molecule has 0 atom stereocenters. The molecule has 0 saturated heterocycles. The molecule has 0 unspecified atom stereocenters. The summed E-state index contributed by atoms with van der Waals surface area (Å²) in [7, 11) is 1.60. The lowest BCUT2D eigenvalue weighted by Gasteiger charge is -2.04. The Kier molecular flexibility index (Phi) is 5.53. The molecule has 0 N–H and O–H groups in total. The summed E-state index contributed by atoms with van der Waals surface area (Å²) in [6.45, 7) is 1.03. The van der Waals surface area contributed by atoms with E-state index in [1.165, 1.54) is 0 Å². The SMILES string of the molecule is COCCOCC(=O)c1ccccc1Br. The van der Waals surface area contributed by atoms with E-state index in [-0.39, 0.29) is 12.4 Å². The zero-order chi connectivity index (χ0) is 11.1. The van der Waals surface area contributed by atoms with Crippen molar-refractivity contribution in [2.75, 3.05) is 26.9 Å². The van der Waals surface area contributed by atoms with Crippen molar-refractivity contribution in [2.45, 2.75) is 0 Å². The molecular formula is C11H13BrO3. The predicted molar refractivity (Wildman–Crippen MR) is 61.2 cm³/mol. The Morgan fingerprint density at radius 2 is 2.07 bits per heavy atom. The standard InChI is InChI=1S/C11H13BrO3/c1-14-6-7-15-8-11(13)9-4-2-3-5-10(9)12/h2-5H,6-8H2,1H3. The van der Waals surface area contributed by atoms with Gasteiger partial charge in [0.15, 0.2) is 5.78 Å². The second kappa shape index (κ2) is 6.71. The topological polar surface area (TPSA) is 35.5 Å². The highest BCUT2D eigenvalue weighted by atomic mass is 79.9. The second-order valence-electron chi connectivity index (χ2n) is 2.95. The predicted octanol–water partition coefficient (Wildman–Crippen LogP) is 2.29. The Morgan fingerprint density at radius 1 is 1.33 bits per heavy atom. The molecule has 0 radical (unpaired) electrons. The Morgan fingerprint density at radius 3 is 2.73 bits per heavy atom. The monoisotopic (exact) mass is 272 g/mol. The van der Waals surface area contributed by atoms with E-state index in [1.54, 1.807) is 13.2 Å². The van der Waals surface area contributed by atoms with E-state index in [9.17, 15) is 4.79 Å². The molecular weight excluding hydrogens is 260 g/mol. The first-order valence-corrected chi connectivity index (χ1v) is 5.39. The zero-order valence-electron chi connectivity index (χ0n) is 8.53. The van der Waals surface area contributed by atoms with Crippen LogP contribution in [0.3, 0.4) is 0 Å². The maximum atomic E-state index is 11.6. The van der Waals surface area contributed by atoms with Gasteiger partial charge in [-0.3, -0.25) is 4.79 Å². The van der Waals surface area contributed by atoms with Gasteiger partial charge in [0.25, 0.3) is 0 Å². The molecule has 1 rings (SSSR count). The Labute approximate surface area is 97.5 Å². The van der Waals surface area contributed by atoms with Gasteiger partial charge in [0.2, 0.25) is 0 Å². The lowest BCUT2D eigenvalue weighted by Crippen LogP contribution is -2.12. The molecule has 0 spiro atoms. The number of carbonyl (C=O) groups excluding carboxylic acids is 1. The molecule has 0 bridgehead atoms. The summed E-state index contributed by atoms with van der Waals surface area (Å²) in [5.41, 5.74) is 0.648. The van der Waals surface area contributed by atoms with Gasteiger partial charge in [-0.2, -0.15) is 0 Å². The summed E-state index contributed by atoms with van der Waals surface area (Å²) in [6, 6.07) is 7.30. The minimum atomic E-state index is -0.0291. The summed E-state index contributed by atoms with van der Waals surface area (Å²) in [4.78, 5) is 11.6. The summed E-state index contributed by atoms with van der Waals surface area (Å²) < 4.78 is 10.8. The molecule has 4 heteroatoms. The molecule has 0 saturated carbocycles. The highest BCUT2D eigenvalue weighted by molar-refractivity contribution is 9.10. The molecule has 82 valence electrons. The van der Waals surface area contributed by atoms with E-state index in [4.69, 9.17) is 9.47 Å². The van der Waals surface area contributed by atoms with Crippen molar-refractivity contribution in [3.8, 4) is 0 Å². The van der Waals surface area contributed by atoms with Gasteiger partial charge >= 0.3 is 0 Å². The quantitative estimate of drug-likeness (QED) is 0.589. The second-order valence-corrected chi connectivity index (χ2v) is 3.80. The van der Waals surface area contributed by atoms with E-state index >= 15 is 0 Å². The number of ether oxygens (including phenoxy) is 2. The Balaban J connectivity index is 2.44. The molecule has 0 aliphatic carbocycles. The number of benzene rings is 1. The van der Waals surface area contributed by atoms with Gasteiger partial charge in [-0.25, -0.2) is 0 Å². The van der Waals surface area contributed by atoms with E-state index in [1.807, 2.05) is 18.2 Å².